The Kier molecular flexibility index (Phi) is 3.31. The van der Waals surface area contributed by atoms with Crippen LogP contribution >= 0.6 is 0 Å². The standard InChI is InChI=1S/C18H19NO/c1-13-17(16-11-7-4-8-12-16)19(18(13)20)14(2)15-9-5-3-6-10-15/h3-14,17H,1-2H3/t13?,14-,17?/m0/s1. The number of carbonyl (C=O) groups is 1. The zero-order chi connectivity index (χ0) is 14.1. The average Bonchev–Trinajstić information content (AvgIpc) is 2.52. The molecule has 2 unspecified atom stereocenters. The molecule has 0 radical (unpaired) electrons. The largest absolute Gasteiger partial charge is 0.328 e. The second-order valence-electron chi connectivity index (χ2n) is 5.48. The highest BCUT2D eigenvalue weighted by atomic mass is 16.2. The molecule has 0 N–H and O–H groups in total. The van der Waals surface area contributed by atoms with Gasteiger partial charge in [0.1, 0.15) is 0 Å². The number of carbonyl (C=O) groups excluding carboxylic acids is 1. The molecule has 0 spiro atoms. The lowest BCUT2D eigenvalue weighted by atomic mass is 9.81. The predicted molar refractivity (Wildman–Crippen MR) is 80.1 cm³/mol. The summed E-state index contributed by atoms with van der Waals surface area (Å²) in [6.45, 7) is 4.13. The second-order valence-corrected chi connectivity index (χ2v) is 5.48. The van der Waals surface area contributed by atoms with Gasteiger partial charge in [-0.2, -0.15) is 0 Å². The summed E-state index contributed by atoms with van der Waals surface area (Å²) in [6.07, 6.45) is 0. The first kappa shape index (κ1) is 12.9. The zero-order valence-electron chi connectivity index (χ0n) is 11.9. The molecule has 2 aromatic rings. The monoisotopic (exact) mass is 265 g/mol. The molecule has 102 valence electrons. The van der Waals surface area contributed by atoms with E-state index in [1.54, 1.807) is 0 Å². The van der Waals surface area contributed by atoms with Gasteiger partial charge in [0.2, 0.25) is 5.91 Å². The van der Waals surface area contributed by atoms with Crippen molar-refractivity contribution in [3.63, 3.8) is 0 Å². The maximum atomic E-state index is 12.3. The van der Waals surface area contributed by atoms with Crippen LogP contribution in [0.25, 0.3) is 0 Å². The first-order valence-corrected chi connectivity index (χ1v) is 7.12. The third-order valence-electron chi connectivity index (χ3n) is 4.26. The topological polar surface area (TPSA) is 20.3 Å². The van der Waals surface area contributed by atoms with Crippen molar-refractivity contribution in [2.24, 2.45) is 5.92 Å². The van der Waals surface area contributed by atoms with E-state index in [4.69, 9.17) is 0 Å². The molecule has 20 heavy (non-hydrogen) atoms. The van der Waals surface area contributed by atoms with Gasteiger partial charge in [0.15, 0.2) is 0 Å². The molecule has 3 atom stereocenters. The quantitative estimate of drug-likeness (QED) is 0.769. The summed E-state index contributed by atoms with van der Waals surface area (Å²) < 4.78 is 0. The van der Waals surface area contributed by atoms with E-state index in [1.165, 1.54) is 11.1 Å². The second kappa shape index (κ2) is 5.12. The van der Waals surface area contributed by atoms with Crippen LogP contribution in [0.15, 0.2) is 60.7 Å². The molecule has 0 saturated carbocycles. The molecule has 1 fully saturated rings. The predicted octanol–water partition coefficient (Wildman–Crippen LogP) is 3.97. The van der Waals surface area contributed by atoms with Gasteiger partial charge in [-0.1, -0.05) is 67.6 Å². The number of benzene rings is 2. The Hall–Kier alpha value is -2.09. The molecular weight excluding hydrogens is 246 g/mol. The molecule has 1 aliphatic rings. The zero-order valence-corrected chi connectivity index (χ0v) is 11.9. The van der Waals surface area contributed by atoms with Crippen molar-refractivity contribution in [3.05, 3.63) is 71.8 Å². The smallest absolute Gasteiger partial charge is 0.228 e. The number of rotatable bonds is 3. The molecule has 3 rings (SSSR count). The molecule has 2 nitrogen and oxygen atoms in total. The van der Waals surface area contributed by atoms with Crippen LogP contribution in [-0.2, 0) is 4.79 Å². The molecule has 0 aromatic heterocycles. The first-order valence-electron chi connectivity index (χ1n) is 7.12. The van der Waals surface area contributed by atoms with Crippen molar-refractivity contribution in [3.8, 4) is 0 Å². The summed E-state index contributed by atoms with van der Waals surface area (Å²) in [7, 11) is 0. The van der Waals surface area contributed by atoms with Crippen molar-refractivity contribution >= 4 is 5.91 Å². The maximum Gasteiger partial charge on any atom is 0.228 e. The van der Waals surface area contributed by atoms with Crippen LogP contribution in [0.5, 0.6) is 0 Å². The Morgan fingerprint density at radius 1 is 0.950 bits per heavy atom. The fourth-order valence-electron chi connectivity index (χ4n) is 3.09. The SMILES string of the molecule is CC1C(=O)N([C@@H](C)c2ccccc2)C1c1ccccc1. The van der Waals surface area contributed by atoms with Gasteiger partial charge in [0, 0.05) is 0 Å². The lowest BCUT2D eigenvalue weighted by molar-refractivity contribution is -0.160. The van der Waals surface area contributed by atoms with Crippen molar-refractivity contribution < 1.29 is 4.79 Å². The van der Waals surface area contributed by atoms with Crippen LogP contribution < -0.4 is 0 Å². The molecule has 0 bridgehead atoms. The summed E-state index contributed by atoms with van der Waals surface area (Å²) in [4.78, 5) is 14.3. The molecular formula is C18H19NO. The number of likely N-dealkylation sites (tertiary alicyclic amines) is 1. The number of β-lactam (4-membered cyclic amide) rings is 1. The molecule has 1 aliphatic heterocycles. The Morgan fingerprint density at radius 2 is 1.50 bits per heavy atom. The number of hydrogen-bond donors (Lipinski definition) is 0. The highest BCUT2D eigenvalue weighted by Crippen LogP contribution is 2.45. The van der Waals surface area contributed by atoms with Crippen molar-refractivity contribution in [2.75, 3.05) is 0 Å². The minimum absolute atomic E-state index is 0.0727. The summed E-state index contributed by atoms with van der Waals surface area (Å²) in [5, 5.41) is 0. The van der Waals surface area contributed by atoms with Gasteiger partial charge < -0.3 is 4.90 Å². The van der Waals surface area contributed by atoms with E-state index in [-0.39, 0.29) is 23.9 Å². The lowest BCUT2D eigenvalue weighted by Gasteiger charge is -2.49. The van der Waals surface area contributed by atoms with Gasteiger partial charge in [-0.25, -0.2) is 0 Å². The van der Waals surface area contributed by atoms with E-state index in [2.05, 4.69) is 31.2 Å². The minimum atomic E-state index is 0.0727. The highest BCUT2D eigenvalue weighted by molar-refractivity contribution is 5.86. The summed E-state index contributed by atoms with van der Waals surface area (Å²) in [6, 6.07) is 20.8. The van der Waals surface area contributed by atoms with E-state index in [0.717, 1.165) is 0 Å². The summed E-state index contributed by atoms with van der Waals surface area (Å²) in [5.41, 5.74) is 2.41. The van der Waals surface area contributed by atoms with Crippen LogP contribution in [0.4, 0.5) is 0 Å². The van der Waals surface area contributed by atoms with Crippen LogP contribution in [-0.4, -0.2) is 10.8 Å². The Labute approximate surface area is 120 Å². The fourth-order valence-corrected chi connectivity index (χ4v) is 3.09. The molecule has 1 amide bonds. The Morgan fingerprint density at radius 3 is 2.10 bits per heavy atom. The van der Waals surface area contributed by atoms with Gasteiger partial charge in [0.25, 0.3) is 0 Å². The number of hydrogen-bond acceptors (Lipinski definition) is 1. The van der Waals surface area contributed by atoms with Gasteiger partial charge in [-0.05, 0) is 18.1 Å². The number of nitrogens with zero attached hydrogens (tertiary/aromatic N) is 1. The number of amides is 1. The summed E-state index contributed by atoms with van der Waals surface area (Å²) >= 11 is 0. The normalized spacial score (nSPS) is 23.3. The fraction of sp³-hybridized carbons (Fsp3) is 0.278. The van der Waals surface area contributed by atoms with Crippen LogP contribution in [0.3, 0.4) is 0 Å². The van der Waals surface area contributed by atoms with Gasteiger partial charge in [-0.3, -0.25) is 4.79 Å². The first-order chi connectivity index (χ1) is 9.70. The van der Waals surface area contributed by atoms with Gasteiger partial charge >= 0.3 is 0 Å². The Balaban J connectivity index is 1.90. The lowest BCUT2D eigenvalue weighted by Crippen LogP contribution is -2.54. The third kappa shape index (κ3) is 2.01. The van der Waals surface area contributed by atoms with E-state index in [9.17, 15) is 4.79 Å². The summed E-state index contributed by atoms with van der Waals surface area (Å²) in [5.74, 6) is 0.318. The van der Waals surface area contributed by atoms with Crippen molar-refractivity contribution in [1.29, 1.82) is 0 Å². The molecule has 1 heterocycles. The molecule has 1 saturated heterocycles. The highest BCUT2D eigenvalue weighted by Gasteiger charge is 2.47. The average molecular weight is 265 g/mol. The van der Waals surface area contributed by atoms with Gasteiger partial charge in [0.05, 0.1) is 18.0 Å². The van der Waals surface area contributed by atoms with E-state index < -0.39 is 0 Å². The van der Waals surface area contributed by atoms with Crippen molar-refractivity contribution in [2.45, 2.75) is 25.9 Å². The van der Waals surface area contributed by atoms with Gasteiger partial charge in [-0.15, -0.1) is 0 Å². The van der Waals surface area contributed by atoms with Crippen LogP contribution in [0.2, 0.25) is 0 Å². The molecule has 2 heteroatoms. The van der Waals surface area contributed by atoms with Crippen molar-refractivity contribution in [1.82, 2.24) is 4.90 Å². The Bertz CT molecular complexity index is 593. The van der Waals surface area contributed by atoms with Crippen LogP contribution in [0.1, 0.15) is 37.1 Å². The van der Waals surface area contributed by atoms with E-state index in [1.807, 2.05) is 48.2 Å². The third-order valence-corrected chi connectivity index (χ3v) is 4.26. The van der Waals surface area contributed by atoms with E-state index >= 15 is 0 Å². The van der Waals surface area contributed by atoms with E-state index in [0.29, 0.717) is 0 Å². The van der Waals surface area contributed by atoms with Crippen LogP contribution in [0, 0.1) is 5.92 Å². The minimum Gasteiger partial charge on any atom is -0.328 e. The molecule has 0 aliphatic carbocycles. The molecule has 2 aromatic carbocycles. The maximum absolute atomic E-state index is 12.3.